The number of rotatable bonds is 3. The van der Waals surface area contributed by atoms with Crippen molar-refractivity contribution in [2.24, 2.45) is 5.73 Å². The van der Waals surface area contributed by atoms with Crippen molar-refractivity contribution in [3.63, 3.8) is 0 Å². The summed E-state index contributed by atoms with van der Waals surface area (Å²) < 4.78 is 4.95. The molecule has 0 saturated heterocycles. The van der Waals surface area contributed by atoms with Crippen LogP contribution in [0.25, 0.3) is 5.70 Å². The summed E-state index contributed by atoms with van der Waals surface area (Å²) in [6.45, 7) is 3.59. The van der Waals surface area contributed by atoms with E-state index < -0.39 is 5.97 Å². The highest BCUT2D eigenvalue weighted by Gasteiger charge is 2.03. The minimum absolute atomic E-state index is 0.127. The van der Waals surface area contributed by atoms with E-state index in [0.717, 1.165) is 5.56 Å². The Balaban J connectivity index is 2.72. The first kappa shape index (κ1) is 11.3. The minimum Gasteiger partial charge on any atom is -0.460 e. The predicted molar refractivity (Wildman–Crippen MR) is 59.8 cm³/mol. The van der Waals surface area contributed by atoms with Crippen LogP contribution in [0.5, 0.6) is 0 Å². The first-order valence-corrected chi connectivity index (χ1v) is 4.83. The van der Waals surface area contributed by atoms with Crippen molar-refractivity contribution < 1.29 is 9.53 Å². The third-order valence-electron chi connectivity index (χ3n) is 1.73. The van der Waals surface area contributed by atoms with Gasteiger partial charge in [-0.25, -0.2) is 4.79 Å². The van der Waals surface area contributed by atoms with Gasteiger partial charge in [-0.2, -0.15) is 0 Å². The maximum absolute atomic E-state index is 11.3. The van der Waals surface area contributed by atoms with Gasteiger partial charge in [0.2, 0.25) is 0 Å². The number of carbonyl (C=O) groups excluding carboxylic acids is 1. The van der Waals surface area contributed by atoms with Crippen molar-refractivity contribution in [3.05, 3.63) is 42.0 Å². The van der Waals surface area contributed by atoms with E-state index in [4.69, 9.17) is 10.5 Å². The molecular formula is C12H15NO2. The number of nitrogens with two attached hydrogens (primary N) is 1. The highest BCUT2D eigenvalue weighted by molar-refractivity contribution is 5.90. The largest absolute Gasteiger partial charge is 0.460 e. The molecule has 15 heavy (non-hydrogen) atoms. The third kappa shape index (κ3) is 3.85. The van der Waals surface area contributed by atoms with Crippen molar-refractivity contribution >= 4 is 11.7 Å². The van der Waals surface area contributed by atoms with Crippen molar-refractivity contribution in [1.29, 1.82) is 0 Å². The summed E-state index contributed by atoms with van der Waals surface area (Å²) in [4.78, 5) is 11.3. The lowest BCUT2D eigenvalue weighted by atomic mass is 10.1. The van der Waals surface area contributed by atoms with Gasteiger partial charge in [0.25, 0.3) is 0 Å². The lowest BCUT2D eigenvalue weighted by molar-refractivity contribution is -0.141. The van der Waals surface area contributed by atoms with Crippen LogP contribution in [0.2, 0.25) is 0 Å². The lowest BCUT2D eigenvalue weighted by Gasteiger charge is -2.05. The lowest BCUT2D eigenvalue weighted by Crippen LogP contribution is -2.10. The summed E-state index contributed by atoms with van der Waals surface area (Å²) in [6.07, 6.45) is 1.17. The van der Waals surface area contributed by atoms with E-state index in [9.17, 15) is 4.79 Å². The Morgan fingerprint density at radius 2 is 1.93 bits per heavy atom. The Morgan fingerprint density at radius 3 is 2.47 bits per heavy atom. The van der Waals surface area contributed by atoms with Gasteiger partial charge in [0.15, 0.2) is 0 Å². The van der Waals surface area contributed by atoms with E-state index in [1.807, 2.05) is 30.3 Å². The number of hydrogen-bond donors (Lipinski definition) is 1. The highest BCUT2D eigenvalue weighted by Crippen LogP contribution is 2.07. The van der Waals surface area contributed by atoms with Gasteiger partial charge < -0.3 is 10.5 Å². The van der Waals surface area contributed by atoms with Gasteiger partial charge in [-0.1, -0.05) is 30.3 Å². The number of benzene rings is 1. The molecule has 3 heteroatoms. The van der Waals surface area contributed by atoms with E-state index in [-0.39, 0.29) is 6.10 Å². The summed E-state index contributed by atoms with van der Waals surface area (Å²) in [7, 11) is 0. The van der Waals surface area contributed by atoms with Gasteiger partial charge in [0, 0.05) is 11.8 Å². The number of carbonyl (C=O) groups is 1. The fourth-order valence-corrected chi connectivity index (χ4v) is 1.11. The third-order valence-corrected chi connectivity index (χ3v) is 1.73. The fourth-order valence-electron chi connectivity index (χ4n) is 1.11. The second-order valence-corrected chi connectivity index (χ2v) is 3.45. The SMILES string of the molecule is CC(C)OC(=O)/C=C(\N)c1ccccc1. The molecule has 0 heterocycles. The molecule has 0 unspecified atom stereocenters. The van der Waals surface area contributed by atoms with Gasteiger partial charge in [0.05, 0.1) is 6.10 Å². The Bertz CT molecular complexity index is 355. The van der Waals surface area contributed by atoms with Gasteiger partial charge in [0.1, 0.15) is 0 Å². The van der Waals surface area contributed by atoms with Crippen molar-refractivity contribution in [2.45, 2.75) is 20.0 Å². The van der Waals surface area contributed by atoms with Gasteiger partial charge in [-0.05, 0) is 19.4 Å². The van der Waals surface area contributed by atoms with E-state index in [0.29, 0.717) is 5.70 Å². The standard InChI is InChI=1S/C12H15NO2/c1-9(2)15-12(14)8-11(13)10-6-4-3-5-7-10/h3-9H,13H2,1-2H3/b11-8-. The molecule has 0 aliphatic rings. The van der Waals surface area contributed by atoms with Crippen molar-refractivity contribution in [3.8, 4) is 0 Å². The molecule has 0 bridgehead atoms. The van der Waals surface area contributed by atoms with Crippen LogP contribution in [0, 0.1) is 0 Å². The van der Waals surface area contributed by atoms with Crippen molar-refractivity contribution in [2.75, 3.05) is 0 Å². The zero-order valence-corrected chi connectivity index (χ0v) is 8.94. The molecule has 1 rings (SSSR count). The summed E-state index contributed by atoms with van der Waals surface area (Å²) in [5.74, 6) is -0.411. The quantitative estimate of drug-likeness (QED) is 0.606. The molecule has 80 valence electrons. The fraction of sp³-hybridized carbons (Fsp3) is 0.250. The normalized spacial score (nSPS) is 11.5. The Kier molecular flexibility index (Phi) is 3.92. The summed E-state index contributed by atoms with van der Waals surface area (Å²) in [6, 6.07) is 9.31. The summed E-state index contributed by atoms with van der Waals surface area (Å²) in [5.41, 5.74) is 6.97. The molecule has 1 aromatic rings. The van der Waals surface area contributed by atoms with Crippen molar-refractivity contribution in [1.82, 2.24) is 0 Å². The van der Waals surface area contributed by atoms with Gasteiger partial charge in [-0.3, -0.25) is 0 Å². The second-order valence-electron chi connectivity index (χ2n) is 3.45. The predicted octanol–water partition coefficient (Wildman–Crippen LogP) is 1.94. The molecular weight excluding hydrogens is 190 g/mol. The summed E-state index contributed by atoms with van der Waals surface area (Å²) in [5, 5.41) is 0. The smallest absolute Gasteiger partial charge is 0.333 e. The molecule has 1 aromatic carbocycles. The van der Waals surface area contributed by atoms with Crippen LogP contribution in [-0.4, -0.2) is 12.1 Å². The van der Waals surface area contributed by atoms with E-state index in [1.165, 1.54) is 6.08 Å². The molecule has 0 radical (unpaired) electrons. The highest BCUT2D eigenvalue weighted by atomic mass is 16.5. The molecule has 0 aliphatic heterocycles. The number of ether oxygens (including phenoxy) is 1. The molecule has 0 fully saturated rings. The maximum atomic E-state index is 11.3. The Labute approximate surface area is 89.5 Å². The average Bonchev–Trinajstić information content (AvgIpc) is 2.17. The van der Waals surface area contributed by atoms with Crippen LogP contribution in [0.1, 0.15) is 19.4 Å². The molecule has 0 aromatic heterocycles. The van der Waals surface area contributed by atoms with Crippen LogP contribution in [0.15, 0.2) is 36.4 Å². The van der Waals surface area contributed by atoms with Gasteiger partial charge >= 0.3 is 5.97 Å². The average molecular weight is 205 g/mol. The topological polar surface area (TPSA) is 52.3 Å². The van der Waals surface area contributed by atoms with Crippen LogP contribution in [0.3, 0.4) is 0 Å². The van der Waals surface area contributed by atoms with Crippen LogP contribution in [0.4, 0.5) is 0 Å². The van der Waals surface area contributed by atoms with Crippen LogP contribution >= 0.6 is 0 Å². The van der Waals surface area contributed by atoms with E-state index in [2.05, 4.69) is 0 Å². The number of esters is 1. The zero-order chi connectivity index (χ0) is 11.3. The minimum atomic E-state index is -0.411. The molecule has 0 atom stereocenters. The molecule has 0 aliphatic carbocycles. The zero-order valence-electron chi connectivity index (χ0n) is 8.94. The molecule has 0 saturated carbocycles. The van der Waals surface area contributed by atoms with Crippen LogP contribution in [-0.2, 0) is 9.53 Å². The first-order valence-electron chi connectivity index (χ1n) is 4.83. The molecule has 0 amide bonds. The summed E-state index contributed by atoms with van der Waals surface area (Å²) >= 11 is 0. The van der Waals surface area contributed by atoms with E-state index >= 15 is 0 Å². The van der Waals surface area contributed by atoms with Gasteiger partial charge in [-0.15, -0.1) is 0 Å². The van der Waals surface area contributed by atoms with Crippen LogP contribution < -0.4 is 5.73 Å². The first-order chi connectivity index (χ1) is 7.09. The van der Waals surface area contributed by atoms with E-state index in [1.54, 1.807) is 13.8 Å². The number of hydrogen-bond acceptors (Lipinski definition) is 3. The Hall–Kier alpha value is -1.77. The molecule has 2 N–H and O–H groups in total. The molecule has 3 nitrogen and oxygen atoms in total. The maximum Gasteiger partial charge on any atom is 0.333 e. The second kappa shape index (κ2) is 5.20. The molecule has 0 spiro atoms. The monoisotopic (exact) mass is 205 g/mol. The Morgan fingerprint density at radius 1 is 1.33 bits per heavy atom.